The van der Waals surface area contributed by atoms with Gasteiger partial charge in [0, 0.05) is 0 Å². The SMILES string of the molecule is O[C@H]1[C@H](O)[C@@]2(O)CO[C@]1(O)CO2. The smallest absolute Gasteiger partial charge is 0.219 e. The Morgan fingerprint density at radius 3 is 1.50 bits per heavy atom. The first-order chi connectivity index (χ1) is 5.48. The molecule has 12 heavy (non-hydrogen) atoms. The fourth-order valence-electron chi connectivity index (χ4n) is 1.37. The molecule has 0 unspecified atom stereocenters. The summed E-state index contributed by atoms with van der Waals surface area (Å²) in [6.07, 6.45) is -3.07. The van der Waals surface area contributed by atoms with E-state index < -0.39 is 23.8 Å². The number of fused-ring (bicyclic) bond motifs is 3. The van der Waals surface area contributed by atoms with Crippen molar-refractivity contribution >= 4 is 0 Å². The Morgan fingerprint density at radius 1 is 0.917 bits per heavy atom. The quantitative estimate of drug-likeness (QED) is 0.318. The lowest BCUT2D eigenvalue weighted by atomic mass is 9.91. The van der Waals surface area contributed by atoms with Gasteiger partial charge in [-0.2, -0.15) is 0 Å². The van der Waals surface area contributed by atoms with Gasteiger partial charge >= 0.3 is 0 Å². The van der Waals surface area contributed by atoms with Gasteiger partial charge in [-0.3, -0.25) is 0 Å². The highest BCUT2D eigenvalue weighted by Gasteiger charge is 2.61. The van der Waals surface area contributed by atoms with E-state index in [1.807, 2.05) is 0 Å². The van der Waals surface area contributed by atoms with Crippen molar-refractivity contribution in [2.45, 2.75) is 23.8 Å². The third kappa shape index (κ3) is 0.846. The third-order valence-corrected chi connectivity index (χ3v) is 2.28. The molecule has 3 aliphatic heterocycles. The van der Waals surface area contributed by atoms with Gasteiger partial charge in [-0.25, -0.2) is 0 Å². The minimum absolute atomic E-state index is 0.346. The van der Waals surface area contributed by atoms with Gasteiger partial charge in [0.1, 0.15) is 25.4 Å². The fourth-order valence-corrected chi connectivity index (χ4v) is 1.37. The van der Waals surface area contributed by atoms with E-state index in [0.717, 1.165) is 0 Å². The Kier molecular flexibility index (Phi) is 1.51. The van der Waals surface area contributed by atoms with Crippen molar-refractivity contribution in [3.63, 3.8) is 0 Å². The van der Waals surface area contributed by atoms with Gasteiger partial charge in [0.05, 0.1) is 0 Å². The van der Waals surface area contributed by atoms with Crippen LogP contribution in [-0.2, 0) is 9.47 Å². The molecule has 4 N–H and O–H groups in total. The maximum Gasteiger partial charge on any atom is 0.219 e. The van der Waals surface area contributed by atoms with Crippen LogP contribution in [0, 0.1) is 0 Å². The van der Waals surface area contributed by atoms with Crippen molar-refractivity contribution in [1.29, 1.82) is 0 Å². The van der Waals surface area contributed by atoms with Crippen molar-refractivity contribution in [3.8, 4) is 0 Å². The van der Waals surface area contributed by atoms with Gasteiger partial charge in [-0.1, -0.05) is 0 Å². The van der Waals surface area contributed by atoms with Crippen LogP contribution in [0.2, 0.25) is 0 Å². The van der Waals surface area contributed by atoms with Crippen LogP contribution in [-0.4, -0.2) is 57.4 Å². The number of aliphatic hydroxyl groups excluding tert-OH is 2. The number of aliphatic hydroxyl groups is 4. The van der Waals surface area contributed by atoms with E-state index in [9.17, 15) is 20.4 Å². The molecule has 0 aromatic carbocycles. The molecule has 70 valence electrons. The second-order valence-corrected chi connectivity index (χ2v) is 3.16. The predicted octanol–water partition coefficient (Wildman–Crippen LogP) is -2.85. The molecule has 0 saturated carbocycles. The molecule has 3 rings (SSSR count). The average Bonchev–Trinajstić information content (AvgIpc) is 2.06. The maximum atomic E-state index is 9.40. The Bertz CT molecular complexity index is 174. The number of ether oxygens (including phenoxy) is 2. The lowest BCUT2D eigenvalue weighted by molar-refractivity contribution is -0.459. The largest absolute Gasteiger partial charge is 0.384 e. The van der Waals surface area contributed by atoms with Crippen LogP contribution in [0.3, 0.4) is 0 Å². The van der Waals surface area contributed by atoms with Crippen LogP contribution in [0.5, 0.6) is 0 Å². The molecule has 0 aliphatic carbocycles. The molecule has 0 spiro atoms. The summed E-state index contributed by atoms with van der Waals surface area (Å²) < 4.78 is 9.44. The van der Waals surface area contributed by atoms with Crippen molar-refractivity contribution in [2.75, 3.05) is 13.2 Å². The van der Waals surface area contributed by atoms with Crippen LogP contribution < -0.4 is 0 Å². The number of hydrogen-bond acceptors (Lipinski definition) is 6. The van der Waals surface area contributed by atoms with Gasteiger partial charge in [-0.05, 0) is 0 Å². The first-order valence-corrected chi connectivity index (χ1v) is 3.57. The molecular formula is C6H10O6. The third-order valence-electron chi connectivity index (χ3n) is 2.28. The highest BCUT2D eigenvalue weighted by Crippen LogP contribution is 2.36. The van der Waals surface area contributed by atoms with Crippen LogP contribution in [0.15, 0.2) is 0 Å². The molecule has 3 heterocycles. The van der Waals surface area contributed by atoms with E-state index in [2.05, 4.69) is 0 Å². The second-order valence-electron chi connectivity index (χ2n) is 3.16. The number of rotatable bonds is 0. The van der Waals surface area contributed by atoms with Gasteiger partial charge < -0.3 is 29.9 Å². The lowest BCUT2D eigenvalue weighted by Crippen LogP contribution is -2.74. The zero-order valence-corrected chi connectivity index (χ0v) is 6.17. The zero-order valence-electron chi connectivity index (χ0n) is 6.17. The molecule has 6 nitrogen and oxygen atoms in total. The van der Waals surface area contributed by atoms with Crippen LogP contribution in [0.25, 0.3) is 0 Å². The van der Waals surface area contributed by atoms with E-state index >= 15 is 0 Å². The summed E-state index contributed by atoms with van der Waals surface area (Å²) in [5.41, 5.74) is 0. The summed E-state index contributed by atoms with van der Waals surface area (Å²) in [6.45, 7) is -0.691. The Labute approximate surface area is 68.0 Å². The molecule has 0 radical (unpaired) electrons. The van der Waals surface area contributed by atoms with E-state index in [1.54, 1.807) is 0 Å². The predicted molar refractivity (Wildman–Crippen MR) is 33.8 cm³/mol. The zero-order chi connectivity index (χ0) is 8.98. The topological polar surface area (TPSA) is 99.4 Å². The average molecular weight is 178 g/mol. The highest BCUT2D eigenvalue weighted by atomic mass is 16.7. The fraction of sp³-hybridized carbons (Fsp3) is 1.00. The summed E-state index contributed by atoms with van der Waals surface area (Å²) in [6, 6.07) is 0. The van der Waals surface area contributed by atoms with Crippen molar-refractivity contribution < 1.29 is 29.9 Å². The monoisotopic (exact) mass is 178 g/mol. The van der Waals surface area contributed by atoms with E-state index in [4.69, 9.17) is 9.47 Å². The Morgan fingerprint density at radius 2 is 1.25 bits per heavy atom. The molecule has 6 heteroatoms. The molecule has 3 aliphatic rings. The molecule has 4 atom stereocenters. The lowest BCUT2D eigenvalue weighted by Gasteiger charge is -2.52. The summed E-state index contributed by atoms with van der Waals surface area (Å²) >= 11 is 0. The van der Waals surface area contributed by atoms with Crippen LogP contribution in [0.4, 0.5) is 0 Å². The minimum atomic E-state index is -1.89. The normalized spacial score (nSPS) is 59.0. The van der Waals surface area contributed by atoms with Gasteiger partial charge in [0.25, 0.3) is 0 Å². The Hall–Kier alpha value is -0.240. The summed E-state index contributed by atoms with van der Waals surface area (Å²) in [5, 5.41) is 37.3. The molecule has 3 saturated heterocycles. The minimum Gasteiger partial charge on any atom is -0.384 e. The molecule has 0 amide bonds. The van der Waals surface area contributed by atoms with E-state index in [0.29, 0.717) is 0 Å². The van der Waals surface area contributed by atoms with E-state index in [1.165, 1.54) is 0 Å². The molecule has 3 fully saturated rings. The van der Waals surface area contributed by atoms with Crippen molar-refractivity contribution in [3.05, 3.63) is 0 Å². The maximum absolute atomic E-state index is 9.40. The summed E-state index contributed by atoms with van der Waals surface area (Å²) in [7, 11) is 0. The van der Waals surface area contributed by atoms with E-state index in [-0.39, 0.29) is 13.2 Å². The highest BCUT2D eigenvalue weighted by molar-refractivity contribution is 5.00. The van der Waals surface area contributed by atoms with Crippen molar-refractivity contribution in [1.82, 2.24) is 0 Å². The summed E-state index contributed by atoms with van der Waals surface area (Å²) in [4.78, 5) is 0. The van der Waals surface area contributed by atoms with Crippen LogP contribution >= 0.6 is 0 Å². The molecule has 2 bridgehead atoms. The molecule has 0 aromatic heterocycles. The molecular weight excluding hydrogens is 168 g/mol. The second kappa shape index (κ2) is 2.16. The standard InChI is InChI=1S/C6H10O6/c7-3-4(8)6(10)2-12-5(3,9)1-11-6/h3-4,7-10H,1-2H2/t3-,4-,5+,6+/m0/s1. The number of hydrogen-bond donors (Lipinski definition) is 4. The van der Waals surface area contributed by atoms with Gasteiger partial charge in [0.2, 0.25) is 11.6 Å². The van der Waals surface area contributed by atoms with Crippen LogP contribution in [0.1, 0.15) is 0 Å². The van der Waals surface area contributed by atoms with Crippen molar-refractivity contribution in [2.24, 2.45) is 0 Å². The summed E-state index contributed by atoms with van der Waals surface area (Å²) in [5.74, 6) is -3.77. The molecule has 0 aromatic rings. The first kappa shape index (κ1) is 8.36. The van der Waals surface area contributed by atoms with Gasteiger partial charge in [-0.15, -0.1) is 0 Å². The van der Waals surface area contributed by atoms with Gasteiger partial charge in [0.15, 0.2) is 0 Å². The Balaban J connectivity index is 2.30. The first-order valence-electron chi connectivity index (χ1n) is 3.57.